The van der Waals surface area contributed by atoms with E-state index in [9.17, 15) is 4.79 Å². The molecule has 0 radical (unpaired) electrons. The van der Waals surface area contributed by atoms with E-state index in [1.54, 1.807) is 0 Å². The van der Waals surface area contributed by atoms with Gasteiger partial charge in [0.1, 0.15) is 0 Å². The van der Waals surface area contributed by atoms with Gasteiger partial charge in [-0.3, -0.25) is 4.79 Å². The second-order valence-electron chi connectivity index (χ2n) is 4.81. The van der Waals surface area contributed by atoms with E-state index < -0.39 is 0 Å². The number of morpholine rings is 1. The number of carbonyl (C=O) groups is 1. The Morgan fingerprint density at radius 1 is 1.50 bits per heavy atom. The van der Waals surface area contributed by atoms with Gasteiger partial charge in [-0.1, -0.05) is 19.8 Å². The fourth-order valence-electron chi connectivity index (χ4n) is 2.76. The topological polar surface area (TPSA) is 55.6 Å². The molecule has 2 fully saturated rings. The van der Waals surface area contributed by atoms with E-state index in [0.717, 1.165) is 12.8 Å². The monoisotopic (exact) mass is 226 g/mol. The molecule has 16 heavy (non-hydrogen) atoms. The molecule has 0 aromatic carbocycles. The van der Waals surface area contributed by atoms with Crippen molar-refractivity contribution in [3.8, 4) is 0 Å². The van der Waals surface area contributed by atoms with Crippen molar-refractivity contribution < 1.29 is 9.53 Å². The SMILES string of the molecule is CC[C@H](N)C(=O)N1CCOC2CCCCC21. The van der Waals surface area contributed by atoms with Crippen LogP contribution in [0, 0.1) is 0 Å². The lowest BCUT2D eigenvalue weighted by Gasteiger charge is -2.44. The number of hydrogen-bond acceptors (Lipinski definition) is 3. The molecular formula is C12H22N2O2. The highest BCUT2D eigenvalue weighted by molar-refractivity contribution is 5.82. The van der Waals surface area contributed by atoms with Crippen LogP contribution >= 0.6 is 0 Å². The normalized spacial score (nSPS) is 32.0. The van der Waals surface area contributed by atoms with Gasteiger partial charge in [0.2, 0.25) is 5.91 Å². The van der Waals surface area contributed by atoms with Crippen LogP contribution in [0.25, 0.3) is 0 Å². The Morgan fingerprint density at radius 3 is 3.00 bits per heavy atom. The lowest BCUT2D eigenvalue weighted by atomic mass is 9.89. The summed E-state index contributed by atoms with van der Waals surface area (Å²) in [6.07, 6.45) is 5.57. The number of hydrogen-bond donors (Lipinski definition) is 1. The van der Waals surface area contributed by atoms with Crippen molar-refractivity contribution in [2.75, 3.05) is 13.2 Å². The van der Waals surface area contributed by atoms with Gasteiger partial charge in [-0.15, -0.1) is 0 Å². The molecule has 2 rings (SSSR count). The molecule has 2 unspecified atom stereocenters. The smallest absolute Gasteiger partial charge is 0.239 e. The van der Waals surface area contributed by atoms with Crippen molar-refractivity contribution in [2.45, 2.75) is 57.2 Å². The lowest BCUT2D eigenvalue weighted by molar-refractivity contribution is -0.150. The first-order valence-electron chi connectivity index (χ1n) is 6.41. The third-order valence-corrected chi connectivity index (χ3v) is 3.77. The van der Waals surface area contributed by atoms with Crippen LogP contribution in [-0.2, 0) is 9.53 Å². The molecule has 0 aromatic rings. The lowest BCUT2D eigenvalue weighted by Crippen LogP contribution is -2.58. The standard InChI is InChI=1S/C12H22N2O2/c1-2-9(13)12(15)14-7-8-16-11-6-4-3-5-10(11)14/h9-11H,2-8,13H2,1H3/t9-,10?,11?/m0/s1. The molecule has 1 saturated heterocycles. The van der Waals surface area contributed by atoms with Gasteiger partial charge in [0.25, 0.3) is 0 Å². The van der Waals surface area contributed by atoms with E-state index in [0.29, 0.717) is 19.6 Å². The summed E-state index contributed by atoms with van der Waals surface area (Å²) in [7, 11) is 0. The molecule has 0 aromatic heterocycles. The molecule has 1 amide bonds. The van der Waals surface area contributed by atoms with Crippen molar-refractivity contribution in [3.05, 3.63) is 0 Å². The van der Waals surface area contributed by atoms with E-state index in [-0.39, 0.29) is 24.1 Å². The van der Waals surface area contributed by atoms with Gasteiger partial charge in [-0.05, 0) is 19.3 Å². The van der Waals surface area contributed by atoms with E-state index in [1.807, 2.05) is 11.8 Å². The Bertz CT molecular complexity index is 255. The van der Waals surface area contributed by atoms with Crippen LogP contribution in [0.1, 0.15) is 39.0 Å². The zero-order valence-corrected chi connectivity index (χ0v) is 10.0. The largest absolute Gasteiger partial charge is 0.374 e. The first kappa shape index (κ1) is 11.9. The highest BCUT2D eigenvalue weighted by Gasteiger charge is 2.37. The van der Waals surface area contributed by atoms with Crippen LogP contribution in [0.3, 0.4) is 0 Å². The van der Waals surface area contributed by atoms with Crippen molar-refractivity contribution in [1.82, 2.24) is 4.90 Å². The summed E-state index contributed by atoms with van der Waals surface area (Å²) in [5.74, 6) is 0.114. The summed E-state index contributed by atoms with van der Waals surface area (Å²) < 4.78 is 5.74. The molecular weight excluding hydrogens is 204 g/mol. The number of carbonyl (C=O) groups excluding carboxylic acids is 1. The number of amides is 1. The molecule has 1 aliphatic carbocycles. The first-order valence-corrected chi connectivity index (χ1v) is 6.41. The molecule has 1 saturated carbocycles. The van der Waals surface area contributed by atoms with Crippen molar-refractivity contribution in [1.29, 1.82) is 0 Å². The summed E-state index contributed by atoms with van der Waals surface area (Å²) in [5.41, 5.74) is 5.84. The van der Waals surface area contributed by atoms with Gasteiger partial charge < -0.3 is 15.4 Å². The van der Waals surface area contributed by atoms with E-state index in [4.69, 9.17) is 10.5 Å². The van der Waals surface area contributed by atoms with Crippen LogP contribution in [0.2, 0.25) is 0 Å². The minimum absolute atomic E-state index is 0.114. The minimum Gasteiger partial charge on any atom is -0.374 e. The maximum absolute atomic E-state index is 12.1. The molecule has 4 heteroatoms. The Morgan fingerprint density at radius 2 is 2.25 bits per heavy atom. The van der Waals surface area contributed by atoms with Crippen molar-refractivity contribution >= 4 is 5.91 Å². The zero-order chi connectivity index (χ0) is 11.5. The Kier molecular flexibility index (Phi) is 3.82. The third kappa shape index (κ3) is 2.23. The number of ether oxygens (including phenoxy) is 1. The van der Waals surface area contributed by atoms with Crippen LogP contribution in [-0.4, -0.2) is 42.1 Å². The second-order valence-corrected chi connectivity index (χ2v) is 4.81. The van der Waals surface area contributed by atoms with Crippen LogP contribution < -0.4 is 5.73 Å². The number of nitrogens with zero attached hydrogens (tertiary/aromatic N) is 1. The average Bonchev–Trinajstić information content (AvgIpc) is 2.36. The predicted octanol–water partition coefficient (Wildman–Crippen LogP) is 0.894. The van der Waals surface area contributed by atoms with Crippen LogP contribution in [0.5, 0.6) is 0 Å². The summed E-state index contributed by atoms with van der Waals surface area (Å²) in [4.78, 5) is 14.1. The summed E-state index contributed by atoms with van der Waals surface area (Å²) in [6, 6.07) is -0.0479. The summed E-state index contributed by atoms with van der Waals surface area (Å²) in [6.45, 7) is 3.35. The Labute approximate surface area is 97.1 Å². The van der Waals surface area contributed by atoms with Gasteiger partial charge in [0.05, 0.1) is 24.8 Å². The van der Waals surface area contributed by atoms with E-state index in [1.165, 1.54) is 12.8 Å². The second kappa shape index (κ2) is 5.15. The van der Waals surface area contributed by atoms with E-state index >= 15 is 0 Å². The molecule has 1 aliphatic heterocycles. The zero-order valence-electron chi connectivity index (χ0n) is 10.0. The molecule has 0 spiro atoms. The van der Waals surface area contributed by atoms with Gasteiger partial charge >= 0.3 is 0 Å². The summed E-state index contributed by atoms with van der Waals surface area (Å²) in [5, 5.41) is 0. The minimum atomic E-state index is -0.333. The number of fused-ring (bicyclic) bond motifs is 1. The predicted molar refractivity (Wildman–Crippen MR) is 62.0 cm³/mol. The first-order chi connectivity index (χ1) is 7.74. The van der Waals surface area contributed by atoms with Crippen molar-refractivity contribution in [2.24, 2.45) is 5.73 Å². The van der Waals surface area contributed by atoms with Gasteiger partial charge in [-0.2, -0.15) is 0 Å². The molecule has 2 aliphatic rings. The Hall–Kier alpha value is -0.610. The maximum atomic E-state index is 12.1. The van der Waals surface area contributed by atoms with Gasteiger partial charge in [-0.25, -0.2) is 0 Å². The van der Waals surface area contributed by atoms with E-state index in [2.05, 4.69) is 0 Å². The maximum Gasteiger partial charge on any atom is 0.239 e. The quantitative estimate of drug-likeness (QED) is 0.761. The third-order valence-electron chi connectivity index (χ3n) is 3.77. The van der Waals surface area contributed by atoms with Crippen molar-refractivity contribution in [3.63, 3.8) is 0 Å². The van der Waals surface area contributed by atoms with Gasteiger partial charge in [0, 0.05) is 6.54 Å². The molecule has 92 valence electrons. The molecule has 1 heterocycles. The molecule has 3 atom stereocenters. The molecule has 0 bridgehead atoms. The molecule has 2 N–H and O–H groups in total. The fraction of sp³-hybridized carbons (Fsp3) is 0.917. The average molecular weight is 226 g/mol. The fourth-order valence-corrected chi connectivity index (χ4v) is 2.76. The highest BCUT2D eigenvalue weighted by atomic mass is 16.5. The highest BCUT2D eigenvalue weighted by Crippen LogP contribution is 2.28. The van der Waals surface area contributed by atoms with Crippen LogP contribution in [0.4, 0.5) is 0 Å². The van der Waals surface area contributed by atoms with Gasteiger partial charge in [0.15, 0.2) is 0 Å². The summed E-state index contributed by atoms with van der Waals surface area (Å²) >= 11 is 0. The number of rotatable bonds is 2. The number of nitrogens with two attached hydrogens (primary N) is 1. The Balaban J connectivity index is 2.04. The molecule has 4 nitrogen and oxygen atoms in total. The van der Waals surface area contributed by atoms with Crippen LogP contribution in [0.15, 0.2) is 0 Å².